The monoisotopic (exact) mass is 295 g/mol. The van der Waals surface area contributed by atoms with Crippen LogP contribution in [0.2, 0.25) is 0 Å². The molecule has 0 aliphatic heterocycles. The maximum Gasteiger partial charge on any atom is 0.223 e. The number of anilines is 1. The van der Waals surface area contributed by atoms with E-state index in [0.717, 1.165) is 22.2 Å². The van der Waals surface area contributed by atoms with Gasteiger partial charge in [0.2, 0.25) is 11.8 Å². The Hall–Kier alpha value is -2.73. The molecule has 3 aromatic rings. The number of rotatable bonds is 4. The number of fused-ring (bicyclic) bond motifs is 1. The smallest absolute Gasteiger partial charge is 0.223 e. The number of nitrogens with one attached hydrogen (secondary N) is 1. The van der Waals surface area contributed by atoms with Crippen molar-refractivity contribution in [2.75, 3.05) is 19.5 Å². The van der Waals surface area contributed by atoms with Crippen LogP contribution in [-0.4, -0.2) is 29.1 Å². The molecule has 0 fully saturated rings. The van der Waals surface area contributed by atoms with Crippen molar-refractivity contribution in [2.24, 2.45) is 5.73 Å². The van der Waals surface area contributed by atoms with Crippen molar-refractivity contribution in [1.29, 1.82) is 0 Å². The zero-order chi connectivity index (χ0) is 15.5. The van der Waals surface area contributed by atoms with Gasteiger partial charge < -0.3 is 15.8 Å². The number of nitrogens with two attached hydrogens (primary N) is 1. The highest BCUT2D eigenvalue weighted by atomic mass is 16.5. The second kappa shape index (κ2) is 5.95. The van der Waals surface area contributed by atoms with Gasteiger partial charge in [-0.15, -0.1) is 0 Å². The Balaban J connectivity index is 2.10. The van der Waals surface area contributed by atoms with Crippen LogP contribution in [0.1, 0.15) is 17.3 Å². The largest absolute Gasteiger partial charge is 0.481 e. The highest BCUT2D eigenvalue weighted by Gasteiger charge is 2.16. The van der Waals surface area contributed by atoms with E-state index in [1.54, 1.807) is 26.4 Å². The van der Waals surface area contributed by atoms with E-state index in [2.05, 4.69) is 20.3 Å². The number of hydrogen-bond acceptors (Lipinski definition) is 6. The number of pyridine rings is 1. The maximum absolute atomic E-state index is 6.40. The number of aromatic nitrogens is 3. The van der Waals surface area contributed by atoms with Crippen LogP contribution in [-0.2, 0) is 0 Å². The molecule has 3 rings (SSSR count). The molecule has 0 bridgehead atoms. The molecule has 6 heteroatoms. The summed E-state index contributed by atoms with van der Waals surface area (Å²) in [5, 5.41) is 3.91. The lowest BCUT2D eigenvalue weighted by molar-refractivity contribution is 0.397. The van der Waals surface area contributed by atoms with Crippen molar-refractivity contribution >= 4 is 16.9 Å². The van der Waals surface area contributed by atoms with E-state index in [9.17, 15) is 0 Å². The Morgan fingerprint density at radius 1 is 1.14 bits per heavy atom. The quantitative estimate of drug-likeness (QED) is 0.767. The standard InChI is InChI=1S/C16H17N5O/c1-18-16-20-12-6-4-3-5-11(12)15(21-16)14(17)10-7-8-13(22-2)19-9-10/h3-9,14H,17H2,1-2H3,(H,18,20,21). The Morgan fingerprint density at radius 2 is 1.95 bits per heavy atom. The molecule has 1 atom stereocenters. The third-order valence-electron chi connectivity index (χ3n) is 3.48. The van der Waals surface area contributed by atoms with Crippen LogP contribution in [0.4, 0.5) is 5.95 Å². The minimum Gasteiger partial charge on any atom is -0.481 e. The molecule has 0 spiro atoms. The summed E-state index contributed by atoms with van der Waals surface area (Å²) in [4.78, 5) is 13.2. The van der Waals surface area contributed by atoms with Gasteiger partial charge in [0.15, 0.2) is 0 Å². The van der Waals surface area contributed by atoms with Gasteiger partial charge in [0.25, 0.3) is 0 Å². The summed E-state index contributed by atoms with van der Waals surface area (Å²) in [6.45, 7) is 0. The highest BCUT2D eigenvalue weighted by molar-refractivity contribution is 5.82. The molecule has 0 aliphatic rings. The van der Waals surface area contributed by atoms with Crippen molar-refractivity contribution in [3.05, 3.63) is 53.9 Å². The molecule has 0 amide bonds. The fourth-order valence-electron chi connectivity index (χ4n) is 2.30. The third-order valence-corrected chi connectivity index (χ3v) is 3.48. The second-order valence-electron chi connectivity index (χ2n) is 4.81. The summed E-state index contributed by atoms with van der Waals surface area (Å²) < 4.78 is 5.07. The van der Waals surface area contributed by atoms with Gasteiger partial charge in [0.1, 0.15) is 0 Å². The summed E-state index contributed by atoms with van der Waals surface area (Å²) in [7, 11) is 3.37. The molecular weight excluding hydrogens is 278 g/mol. The number of para-hydroxylation sites is 1. The van der Waals surface area contributed by atoms with Crippen LogP contribution >= 0.6 is 0 Å². The van der Waals surface area contributed by atoms with Crippen LogP contribution < -0.4 is 15.8 Å². The Labute approximate surface area is 128 Å². The molecule has 2 heterocycles. The van der Waals surface area contributed by atoms with Gasteiger partial charge in [-0.25, -0.2) is 15.0 Å². The molecule has 112 valence electrons. The lowest BCUT2D eigenvalue weighted by Crippen LogP contribution is -2.16. The predicted molar refractivity (Wildman–Crippen MR) is 85.9 cm³/mol. The summed E-state index contributed by atoms with van der Waals surface area (Å²) in [6.07, 6.45) is 1.71. The molecule has 0 radical (unpaired) electrons. The van der Waals surface area contributed by atoms with Crippen molar-refractivity contribution in [3.63, 3.8) is 0 Å². The molecule has 1 unspecified atom stereocenters. The van der Waals surface area contributed by atoms with Crippen LogP contribution in [0.25, 0.3) is 10.9 Å². The van der Waals surface area contributed by atoms with Crippen LogP contribution in [0.5, 0.6) is 5.88 Å². The number of methoxy groups -OCH3 is 1. The molecular formula is C16H17N5O. The second-order valence-corrected chi connectivity index (χ2v) is 4.81. The van der Waals surface area contributed by atoms with Crippen molar-refractivity contribution in [1.82, 2.24) is 15.0 Å². The lowest BCUT2D eigenvalue weighted by Gasteiger charge is -2.15. The number of benzene rings is 1. The molecule has 22 heavy (non-hydrogen) atoms. The van der Waals surface area contributed by atoms with Crippen molar-refractivity contribution in [2.45, 2.75) is 6.04 Å². The zero-order valence-electron chi connectivity index (χ0n) is 12.4. The first-order valence-corrected chi connectivity index (χ1v) is 6.93. The highest BCUT2D eigenvalue weighted by Crippen LogP contribution is 2.26. The molecule has 0 aliphatic carbocycles. The first kappa shape index (κ1) is 14.2. The summed E-state index contributed by atoms with van der Waals surface area (Å²) in [5.74, 6) is 1.10. The fraction of sp³-hybridized carbons (Fsp3) is 0.188. The Morgan fingerprint density at radius 3 is 2.64 bits per heavy atom. The zero-order valence-corrected chi connectivity index (χ0v) is 12.4. The van der Waals surface area contributed by atoms with Gasteiger partial charge in [-0.1, -0.05) is 24.3 Å². The van der Waals surface area contributed by atoms with Crippen molar-refractivity contribution in [3.8, 4) is 5.88 Å². The normalized spacial score (nSPS) is 12.1. The first-order valence-electron chi connectivity index (χ1n) is 6.93. The van der Waals surface area contributed by atoms with Gasteiger partial charge in [-0.2, -0.15) is 0 Å². The predicted octanol–water partition coefficient (Wildman–Crippen LogP) is 2.12. The molecule has 3 N–H and O–H groups in total. The topological polar surface area (TPSA) is 86.0 Å². The van der Waals surface area contributed by atoms with E-state index in [0.29, 0.717) is 11.8 Å². The SMILES string of the molecule is CNc1nc(C(N)c2ccc(OC)nc2)c2ccccc2n1. The van der Waals surface area contributed by atoms with E-state index in [-0.39, 0.29) is 0 Å². The third kappa shape index (κ3) is 2.56. The summed E-state index contributed by atoms with van der Waals surface area (Å²) in [6, 6.07) is 11.1. The van der Waals surface area contributed by atoms with Crippen LogP contribution in [0, 0.1) is 0 Å². The van der Waals surface area contributed by atoms with E-state index >= 15 is 0 Å². The maximum atomic E-state index is 6.40. The van der Waals surface area contributed by atoms with Crippen LogP contribution in [0.3, 0.4) is 0 Å². The fourth-order valence-corrected chi connectivity index (χ4v) is 2.30. The van der Waals surface area contributed by atoms with Gasteiger partial charge in [0, 0.05) is 24.7 Å². The first-order chi connectivity index (χ1) is 10.7. The van der Waals surface area contributed by atoms with Gasteiger partial charge in [0.05, 0.1) is 24.4 Å². The molecule has 1 aromatic carbocycles. The van der Waals surface area contributed by atoms with Gasteiger partial charge >= 0.3 is 0 Å². The average molecular weight is 295 g/mol. The summed E-state index contributed by atoms with van der Waals surface area (Å²) >= 11 is 0. The average Bonchev–Trinajstić information content (AvgIpc) is 2.60. The van der Waals surface area contributed by atoms with E-state index in [4.69, 9.17) is 10.5 Å². The van der Waals surface area contributed by atoms with Crippen molar-refractivity contribution < 1.29 is 4.74 Å². The van der Waals surface area contributed by atoms with E-state index < -0.39 is 6.04 Å². The Bertz CT molecular complexity index is 788. The number of nitrogens with zero attached hydrogens (tertiary/aromatic N) is 3. The number of hydrogen-bond donors (Lipinski definition) is 2. The summed E-state index contributed by atoms with van der Waals surface area (Å²) in [5.41, 5.74) is 8.89. The number of ether oxygens (including phenoxy) is 1. The minimum absolute atomic E-state index is 0.390. The van der Waals surface area contributed by atoms with Gasteiger partial charge in [-0.3, -0.25) is 0 Å². The van der Waals surface area contributed by atoms with Gasteiger partial charge in [-0.05, 0) is 11.6 Å². The molecule has 6 nitrogen and oxygen atoms in total. The lowest BCUT2D eigenvalue weighted by atomic mass is 10.0. The minimum atomic E-state index is -0.390. The molecule has 2 aromatic heterocycles. The van der Waals surface area contributed by atoms with E-state index in [1.807, 2.05) is 30.3 Å². The molecule has 0 saturated heterocycles. The van der Waals surface area contributed by atoms with E-state index in [1.165, 1.54) is 0 Å². The Kier molecular flexibility index (Phi) is 3.84. The molecule has 0 saturated carbocycles. The van der Waals surface area contributed by atoms with Crippen LogP contribution in [0.15, 0.2) is 42.6 Å².